The molecule has 3 N–H and O–H groups in total. The van der Waals surface area contributed by atoms with E-state index in [1.807, 2.05) is 0 Å². The molecule has 1 aliphatic rings. The third-order valence-electron chi connectivity index (χ3n) is 8.65. The van der Waals surface area contributed by atoms with E-state index in [1.54, 1.807) is 13.8 Å². The minimum atomic E-state index is -1.19. The van der Waals surface area contributed by atoms with Gasteiger partial charge in [-0.1, -0.05) is 97.1 Å². The fraction of sp³-hybridized carbons (Fsp3) is 0.811. The van der Waals surface area contributed by atoms with Crippen LogP contribution in [0.15, 0.2) is 12.2 Å². The molecular formula is C37H65N3O7. The molecule has 0 radical (unpaired) electrons. The molecule has 1 saturated carbocycles. The first kappa shape index (κ1) is 42.1. The minimum absolute atomic E-state index is 0.0360. The van der Waals surface area contributed by atoms with Gasteiger partial charge >= 0.3 is 11.9 Å². The minimum Gasteiger partial charge on any atom is -0.465 e. The van der Waals surface area contributed by atoms with Crippen LogP contribution in [0.25, 0.3) is 0 Å². The van der Waals surface area contributed by atoms with Crippen LogP contribution >= 0.6 is 0 Å². The highest BCUT2D eigenvalue weighted by molar-refractivity contribution is 5.85. The zero-order chi connectivity index (χ0) is 34.9. The van der Waals surface area contributed by atoms with Crippen LogP contribution in [0.2, 0.25) is 0 Å². The van der Waals surface area contributed by atoms with Crippen LogP contribution in [-0.2, 0) is 33.4 Å². The van der Waals surface area contributed by atoms with Crippen molar-refractivity contribution in [2.24, 2.45) is 5.41 Å². The highest BCUT2D eigenvalue weighted by Gasteiger charge is 2.39. The van der Waals surface area contributed by atoms with Gasteiger partial charge in [-0.15, -0.1) is 0 Å². The van der Waals surface area contributed by atoms with Crippen molar-refractivity contribution in [2.45, 2.75) is 175 Å². The lowest BCUT2D eigenvalue weighted by atomic mass is 9.86. The predicted molar refractivity (Wildman–Crippen MR) is 185 cm³/mol. The van der Waals surface area contributed by atoms with Crippen molar-refractivity contribution in [3.8, 4) is 0 Å². The van der Waals surface area contributed by atoms with E-state index in [-0.39, 0.29) is 43.5 Å². The molecule has 3 amide bonds. The molecule has 0 bridgehead atoms. The molecule has 1 aliphatic carbocycles. The second kappa shape index (κ2) is 25.2. The molecule has 1 fully saturated rings. The molecule has 3 atom stereocenters. The molecule has 0 aromatic carbocycles. The van der Waals surface area contributed by atoms with Gasteiger partial charge in [-0.2, -0.15) is 0 Å². The molecule has 0 aromatic rings. The van der Waals surface area contributed by atoms with Gasteiger partial charge in [0.25, 0.3) is 5.91 Å². The fourth-order valence-electron chi connectivity index (χ4n) is 5.88. The van der Waals surface area contributed by atoms with Crippen LogP contribution in [0, 0.1) is 5.41 Å². The molecule has 0 unspecified atom stereocenters. The Morgan fingerprint density at radius 3 is 1.77 bits per heavy atom. The van der Waals surface area contributed by atoms with Gasteiger partial charge < -0.3 is 25.4 Å². The Balaban J connectivity index is 2.30. The van der Waals surface area contributed by atoms with Gasteiger partial charge in [0.15, 0.2) is 6.10 Å². The number of carbonyl (C=O) groups is 5. The van der Waals surface area contributed by atoms with Crippen LogP contribution < -0.4 is 16.0 Å². The molecule has 0 heterocycles. The third kappa shape index (κ3) is 20.8. The second-order valence-corrected chi connectivity index (χ2v) is 13.8. The van der Waals surface area contributed by atoms with Gasteiger partial charge in [0.2, 0.25) is 11.8 Å². The molecular weight excluding hydrogens is 598 g/mol. The highest BCUT2D eigenvalue weighted by atomic mass is 16.6. The first-order chi connectivity index (χ1) is 22.5. The first-order valence-corrected chi connectivity index (χ1v) is 18.3. The van der Waals surface area contributed by atoms with Crippen molar-refractivity contribution in [3.05, 3.63) is 12.2 Å². The average Bonchev–Trinajstić information content (AvgIpc) is 3.01. The summed E-state index contributed by atoms with van der Waals surface area (Å²) in [6.45, 7) is 7.97. The monoisotopic (exact) mass is 663 g/mol. The van der Waals surface area contributed by atoms with Crippen molar-refractivity contribution in [2.75, 3.05) is 13.2 Å². The Labute approximate surface area is 284 Å². The van der Waals surface area contributed by atoms with E-state index in [1.165, 1.54) is 71.6 Å². The van der Waals surface area contributed by atoms with E-state index in [2.05, 4.69) is 35.0 Å². The Kier molecular flexibility index (Phi) is 22.5. The number of rotatable bonds is 25. The van der Waals surface area contributed by atoms with Crippen molar-refractivity contribution in [1.29, 1.82) is 0 Å². The Hall–Kier alpha value is -2.91. The Bertz CT molecular complexity index is 966. The van der Waals surface area contributed by atoms with Crippen molar-refractivity contribution in [3.63, 3.8) is 0 Å². The van der Waals surface area contributed by atoms with Gasteiger partial charge in [-0.3, -0.25) is 24.0 Å². The molecule has 0 saturated heterocycles. The smallest absolute Gasteiger partial charge is 0.303 e. The zero-order valence-corrected chi connectivity index (χ0v) is 30.1. The van der Waals surface area contributed by atoms with Crippen LogP contribution in [0.3, 0.4) is 0 Å². The quantitative estimate of drug-likeness (QED) is 0.0568. The van der Waals surface area contributed by atoms with Gasteiger partial charge in [0.05, 0.1) is 0 Å². The molecule has 0 spiro atoms. The number of hydrogen-bond donors (Lipinski definition) is 3. The van der Waals surface area contributed by atoms with Crippen molar-refractivity contribution >= 4 is 29.7 Å². The summed E-state index contributed by atoms with van der Waals surface area (Å²) < 4.78 is 10.3. The fourth-order valence-corrected chi connectivity index (χ4v) is 5.88. The molecule has 0 aliphatic heterocycles. The van der Waals surface area contributed by atoms with Gasteiger partial charge in [0.1, 0.15) is 6.61 Å². The topological polar surface area (TPSA) is 140 Å². The summed E-state index contributed by atoms with van der Waals surface area (Å²) in [6.07, 6.45) is 23.4. The molecule has 47 heavy (non-hydrogen) atoms. The van der Waals surface area contributed by atoms with Gasteiger partial charge in [-0.05, 0) is 44.9 Å². The SMILES string of the molecule is CCCCCCCC/C=C\CCCCCCCC(=O)N[C@H]1CCCC[C@@H]1NC(=O)CCNC(=O)[C@@H](OC(C)=O)C(C)(C)COC(C)=O. The van der Waals surface area contributed by atoms with Gasteiger partial charge in [-0.25, -0.2) is 0 Å². The number of ether oxygens (including phenoxy) is 2. The van der Waals surface area contributed by atoms with Gasteiger partial charge in [0, 0.05) is 50.7 Å². The standard InChI is InChI=1S/C37H65N3O7/c1-6-7-8-9-10-11-12-13-14-15-16-17-18-19-20-25-33(43)39-31-23-21-22-24-32(31)40-34(44)26-27-38-36(45)35(47-30(3)42)37(4,5)28-46-29(2)41/h13-14,31-32,35H,6-12,15-28H2,1-5H3,(H,38,45)(H,39,43)(H,40,44)/b14-13-/t31-,32-,35+/m0/s1. The summed E-state index contributed by atoms with van der Waals surface area (Å²) in [7, 11) is 0. The van der Waals surface area contributed by atoms with Crippen molar-refractivity contribution < 1.29 is 33.4 Å². The maximum atomic E-state index is 12.9. The first-order valence-electron chi connectivity index (χ1n) is 18.3. The number of hydrogen-bond acceptors (Lipinski definition) is 7. The maximum absolute atomic E-state index is 12.9. The Morgan fingerprint density at radius 1 is 0.723 bits per heavy atom. The van der Waals surface area contributed by atoms with E-state index in [0.717, 1.165) is 51.4 Å². The number of esters is 2. The summed E-state index contributed by atoms with van der Waals surface area (Å²) in [5, 5.41) is 8.86. The summed E-state index contributed by atoms with van der Waals surface area (Å²) in [6, 6.07) is -0.255. The third-order valence-corrected chi connectivity index (χ3v) is 8.65. The molecule has 1 rings (SSSR count). The summed E-state index contributed by atoms with van der Waals surface area (Å²) >= 11 is 0. The average molecular weight is 664 g/mol. The maximum Gasteiger partial charge on any atom is 0.303 e. The predicted octanol–water partition coefficient (Wildman–Crippen LogP) is 6.59. The highest BCUT2D eigenvalue weighted by Crippen LogP contribution is 2.25. The summed E-state index contributed by atoms with van der Waals surface area (Å²) in [5.41, 5.74) is -0.971. The summed E-state index contributed by atoms with van der Waals surface area (Å²) in [4.78, 5) is 61.2. The van der Waals surface area contributed by atoms with Crippen LogP contribution in [0.5, 0.6) is 0 Å². The lowest BCUT2D eigenvalue weighted by molar-refractivity contribution is -0.166. The van der Waals surface area contributed by atoms with Crippen LogP contribution in [-0.4, -0.2) is 61.0 Å². The molecule has 0 aromatic heterocycles. The Morgan fingerprint density at radius 2 is 1.23 bits per heavy atom. The second-order valence-electron chi connectivity index (χ2n) is 13.8. The zero-order valence-electron chi connectivity index (χ0n) is 30.1. The largest absolute Gasteiger partial charge is 0.465 e. The van der Waals surface area contributed by atoms with Crippen LogP contribution in [0.1, 0.15) is 157 Å². The van der Waals surface area contributed by atoms with E-state index >= 15 is 0 Å². The van der Waals surface area contributed by atoms with E-state index in [0.29, 0.717) is 6.42 Å². The number of carbonyl (C=O) groups excluding carboxylic acids is 5. The lowest BCUT2D eigenvalue weighted by Crippen LogP contribution is -2.53. The summed E-state index contributed by atoms with van der Waals surface area (Å²) in [5.74, 6) is -1.90. The number of unbranched alkanes of at least 4 members (excludes halogenated alkanes) is 11. The number of amides is 3. The molecule has 10 nitrogen and oxygen atoms in total. The van der Waals surface area contributed by atoms with Crippen molar-refractivity contribution in [1.82, 2.24) is 16.0 Å². The van der Waals surface area contributed by atoms with E-state index in [9.17, 15) is 24.0 Å². The van der Waals surface area contributed by atoms with Crippen LogP contribution in [0.4, 0.5) is 0 Å². The molecule has 270 valence electrons. The number of nitrogens with one attached hydrogen (secondary N) is 3. The number of allylic oxidation sites excluding steroid dienone is 2. The lowest BCUT2D eigenvalue weighted by Gasteiger charge is -2.33. The molecule has 10 heteroatoms. The normalized spacial score (nSPS) is 17.1. The van der Waals surface area contributed by atoms with E-state index in [4.69, 9.17) is 9.47 Å². The van der Waals surface area contributed by atoms with E-state index < -0.39 is 29.4 Å².